The molecule has 0 aliphatic rings. The summed E-state index contributed by atoms with van der Waals surface area (Å²) < 4.78 is 40.9. The predicted octanol–water partition coefficient (Wildman–Crippen LogP) is 4.23. The van der Waals surface area contributed by atoms with Crippen molar-refractivity contribution in [2.24, 2.45) is 7.05 Å². The van der Waals surface area contributed by atoms with Crippen LogP contribution in [-0.2, 0) is 7.05 Å². The van der Waals surface area contributed by atoms with Crippen molar-refractivity contribution in [1.82, 2.24) is 0 Å². The summed E-state index contributed by atoms with van der Waals surface area (Å²) in [6, 6.07) is 6.12. The van der Waals surface area contributed by atoms with Gasteiger partial charge in [-0.2, -0.15) is 0 Å². The lowest BCUT2D eigenvalue weighted by atomic mass is 9.96. The van der Waals surface area contributed by atoms with Gasteiger partial charge in [0.05, 0.1) is 1.37 Å². The number of hydrogen-bond acceptors (Lipinski definition) is 0. The lowest BCUT2D eigenvalue weighted by Gasteiger charge is -2.10. The van der Waals surface area contributed by atoms with E-state index in [4.69, 9.17) is 6.85 Å². The minimum absolute atomic E-state index is 0.456. The van der Waals surface area contributed by atoms with Gasteiger partial charge in [-0.05, 0) is 49.9 Å². The lowest BCUT2D eigenvalue weighted by molar-refractivity contribution is -0.660. The molecule has 1 aromatic carbocycles. The molecule has 100 valence electrons. The number of pyridine rings is 1. The van der Waals surface area contributed by atoms with E-state index in [2.05, 4.69) is 0 Å². The van der Waals surface area contributed by atoms with Gasteiger partial charge < -0.3 is 0 Å². The van der Waals surface area contributed by atoms with Gasteiger partial charge in [-0.1, -0.05) is 25.4 Å². The molecule has 0 amide bonds. The highest BCUT2D eigenvalue weighted by molar-refractivity contribution is 5.64. The van der Waals surface area contributed by atoms with Crippen molar-refractivity contribution in [2.45, 2.75) is 40.4 Å². The second kappa shape index (κ2) is 5.16. The van der Waals surface area contributed by atoms with Gasteiger partial charge in [0, 0.05) is 22.7 Å². The summed E-state index contributed by atoms with van der Waals surface area (Å²) in [5.41, 5.74) is 5.31. The van der Waals surface area contributed by atoms with E-state index < -0.39 is 12.7 Å². The molecule has 1 unspecified atom stereocenters. The van der Waals surface area contributed by atoms with E-state index in [1.807, 2.05) is 44.5 Å². The highest BCUT2D eigenvalue weighted by Gasteiger charge is 2.15. The fraction of sp³-hybridized carbons (Fsp3) is 0.389. The summed E-state index contributed by atoms with van der Waals surface area (Å²) in [7, 11) is 1.85. The van der Waals surface area contributed by atoms with E-state index in [-0.39, 0.29) is 0 Å². The van der Waals surface area contributed by atoms with Crippen LogP contribution in [0.3, 0.4) is 0 Å². The van der Waals surface area contributed by atoms with E-state index in [1.54, 1.807) is 12.3 Å². The summed E-state index contributed by atoms with van der Waals surface area (Å²) in [5.74, 6) is -1.66. The molecule has 19 heavy (non-hydrogen) atoms. The van der Waals surface area contributed by atoms with Crippen LogP contribution in [0.4, 0.5) is 0 Å². The molecule has 0 saturated carbocycles. The molecule has 0 aliphatic heterocycles. The second-order valence-electron chi connectivity index (χ2n) is 5.15. The third-order valence-corrected chi connectivity index (χ3v) is 3.55. The van der Waals surface area contributed by atoms with Crippen molar-refractivity contribution in [3.63, 3.8) is 0 Å². The maximum atomic E-state index is 8.23. The van der Waals surface area contributed by atoms with Crippen LogP contribution in [0, 0.1) is 20.8 Å². The number of aryl methyl sites for hydroxylation is 2. The van der Waals surface area contributed by atoms with Crippen LogP contribution in [0.25, 0.3) is 11.3 Å². The van der Waals surface area contributed by atoms with Crippen LogP contribution >= 0.6 is 0 Å². The summed E-state index contributed by atoms with van der Waals surface area (Å²) in [6.07, 6.45) is 1.72. The summed E-state index contributed by atoms with van der Waals surface area (Å²) in [6.45, 7) is 4.88. The number of hydrogen-bond donors (Lipinski definition) is 0. The van der Waals surface area contributed by atoms with Crippen molar-refractivity contribution < 1.29 is 11.4 Å². The molecule has 1 atom stereocenters. The first-order valence-electron chi connectivity index (χ1n) is 8.96. The van der Waals surface area contributed by atoms with Gasteiger partial charge >= 0.3 is 0 Å². The Morgan fingerprint density at radius 2 is 2.05 bits per heavy atom. The Labute approximate surface area is 123 Å². The molecular weight excluding hydrogens is 230 g/mol. The summed E-state index contributed by atoms with van der Waals surface area (Å²) in [5, 5.41) is 0. The highest BCUT2D eigenvalue weighted by Crippen LogP contribution is 2.25. The average Bonchev–Trinajstić information content (AvgIpc) is 2.48. The van der Waals surface area contributed by atoms with Gasteiger partial charge in [0.15, 0.2) is 6.20 Å². The van der Waals surface area contributed by atoms with Crippen molar-refractivity contribution in [1.29, 1.82) is 0 Å². The van der Waals surface area contributed by atoms with Crippen LogP contribution in [-0.4, -0.2) is 0 Å². The molecule has 2 aromatic rings. The number of nitrogens with zero attached hydrogens (tertiary/aromatic N) is 1. The van der Waals surface area contributed by atoms with Crippen LogP contribution in [0.2, 0.25) is 0 Å². The normalized spacial score (nSPS) is 18.7. The molecule has 0 saturated heterocycles. The van der Waals surface area contributed by atoms with Gasteiger partial charge in [0.2, 0.25) is 5.69 Å². The highest BCUT2D eigenvalue weighted by atomic mass is 14.9. The summed E-state index contributed by atoms with van der Waals surface area (Å²) >= 11 is 0. The molecule has 0 bridgehead atoms. The van der Waals surface area contributed by atoms with Crippen LogP contribution in [0.1, 0.15) is 48.8 Å². The molecule has 0 spiro atoms. The Morgan fingerprint density at radius 1 is 1.32 bits per heavy atom. The smallest absolute Gasteiger partial charge is 0.201 e. The Hall–Kier alpha value is -1.63. The Bertz CT molecular complexity index is 791. The Morgan fingerprint density at radius 3 is 2.68 bits per heavy atom. The number of benzene rings is 1. The molecule has 0 N–H and O–H groups in total. The first kappa shape index (κ1) is 8.52. The molecule has 1 aromatic heterocycles. The summed E-state index contributed by atoms with van der Waals surface area (Å²) in [4.78, 5) is 0. The molecule has 2 rings (SSSR count). The minimum atomic E-state index is -2.39. The van der Waals surface area contributed by atoms with Crippen molar-refractivity contribution in [3.05, 3.63) is 52.7 Å². The fourth-order valence-electron chi connectivity index (χ4n) is 2.33. The van der Waals surface area contributed by atoms with E-state index in [1.165, 1.54) is 6.92 Å². The zero-order valence-electron chi connectivity index (χ0n) is 17.3. The van der Waals surface area contributed by atoms with Gasteiger partial charge in [0.1, 0.15) is 7.05 Å². The predicted molar refractivity (Wildman–Crippen MR) is 81.4 cm³/mol. The number of rotatable bonds is 2. The standard InChI is InChI=1S/C18H24N/c1-12(2)16-7-8-18(19(6)11-16)17-10-13(3)9-14(4)15(17)5/h7-12H,1-6H3/q+1/i1D3,9D,12D. The van der Waals surface area contributed by atoms with E-state index in [0.29, 0.717) is 11.6 Å². The maximum Gasteiger partial charge on any atom is 0.212 e. The molecule has 1 heterocycles. The first-order valence-corrected chi connectivity index (χ1v) is 6.46. The van der Waals surface area contributed by atoms with Gasteiger partial charge in [-0.25, -0.2) is 4.57 Å². The molecule has 0 fully saturated rings. The molecule has 0 aliphatic carbocycles. The molecule has 1 heteroatoms. The zero-order valence-corrected chi connectivity index (χ0v) is 12.3. The van der Waals surface area contributed by atoms with Crippen molar-refractivity contribution >= 4 is 0 Å². The van der Waals surface area contributed by atoms with Crippen LogP contribution < -0.4 is 4.57 Å². The monoisotopic (exact) mass is 259 g/mol. The van der Waals surface area contributed by atoms with Crippen molar-refractivity contribution in [3.8, 4) is 11.3 Å². The van der Waals surface area contributed by atoms with Crippen molar-refractivity contribution in [2.75, 3.05) is 0 Å². The zero-order chi connectivity index (χ0) is 18.4. The van der Waals surface area contributed by atoms with Gasteiger partial charge in [-0.15, -0.1) is 0 Å². The Kier molecular flexibility index (Phi) is 2.32. The maximum absolute atomic E-state index is 8.23. The first-order chi connectivity index (χ1) is 10.9. The lowest BCUT2D eigenvalue weighted by Crippen LogP contribution is -2.31. The van der Waals surface area contributed by atoms with Gasteiger partial charge in [-0.3, -0.25) is 0 Å². The third-order valence-electron chi connectivity index (χ3n) is 3.55. The molecular formula is C18H24N+. The third kappa shape index (κ3) is 2.70. The quantitative estimate of drug-likeness (QED) is 0.711. The Balaban J connectivity index is 2.61. The topological polar surface area (TPSA) is 3.88 Å². The van der Waals surface area contributed by atoms with Crippen LogP contribution in [0.5, 0.6) is 0 Å². The molecule has 1 nitrogen and oxygen atoms in total. The fourth-order valence-corrected chi connectivity index (χ4v) is 2.33. The van der Waals surface area contributed by atoms with Crippen LogP contribution in [0.15, 0.2) is 30.4 Å². The van der Waals surface area contributed by atoms with Gasteiger partial charge in [0.25, 0.3) is 0 Å². The molecule has 0 radical (unpaired) electrons. The number of aromatic nitrogens is 1. The van der Waals surface area contributed by atoms with E-state index >= 15 is 0 Å². The van der Waals surface area contributed by atoms with E-state index in [9.17, 15) is 0 Å². The second-order valence-corrected chi connectivity index (χ2v) is 5.15. The van der Waals surface area contributed by atoms with E-state index in [0.717, 1.165) is 27.9 Å². The average molecular weight is 259 g/mol. The minimum Gasteiger partial charge on any atom is -0.201 e. The largest absolute Gasteiger partial charge is 0.212 e. The SMILES string of the molecule is [2H]c1c(C)cc(-c2ccc(C([2H])(C)C([2H])([2H])[2H])c[n+]2C)c(C)c1C.